The maximum atomic E-state index is 10.5. The molecule has 0 aliphatic heterocycles. The van der Waals surface area contributed by atoms with Crippen molar-refractivity contribution in [3.8, 4) is 5.88 Å². The van der Waals surface area contributed by atoms with Crippen molar-refractivity contribution >= 4 is 5.97 Å². The number of aromatic nitrogens is 1. The molecule has 0 amide bonds. The second-order valence-corrected chi connectivity index (χ2v) is 1.90. The average Bonchev–Trinajstić information content (AvgIpc) is 1.94. The summed E-state index contributed by atoms with van der Waals surface area (Å²) in [5.74, 6) is -1.80. The van der Waals surface area contributed by atoms with E-state index in [1.165, 1.54) is 0 Å². The lowest BCUT2D eigenvalue weighted by Crippen LogP contribution is -2.25. The predicted molar refractivity (Wildman–Crippen MR) is 34.0 cm³/mol. The van der Waals surface area contributed by atoms with Gasteiger partial charge < -0.3 is 15.4 Å². The molecule has 1 rings (SSSR count). The molecule has 0 bridgehead atoms. The molecule has 0 unspecified atom stereocenters. The van der Waals surface area contributed by atoms with Gasteiger partial charge in [0.1, 0.15) is 0 Å². The third kappa shape index (κ3) is 1.37. The Morgan fingerprint density at radius 1 is 1.64 bits per heavy atom. The highest BCUT2D eigenvalue weighted by Crippen LogP contribution is 2.03. The molecule has 0 saturated heterocycles. The van der Waals surface area contributed by atoms with E-state index in [-0.39, 0.29) is 10.3 Å². The summed E-state index contributed by atoms with van der Waals surface area (Å²) in [6.07, 6.45) is 0.929. The van der Waals surface area contributed by atoms with E-state index in [9.17, 15) is 10.0 Å². The molecular formula is C6H5NO4. The average molecular weight is 155 g/mol. The van der Waals surface area contributed by atoms with Gasteiger partial charge in [0.25, 0.3) is 0 Å². The molecule has 1 aromatic rings. The minimum Gasteiger partial charge on any atom is -0.616 e. The molecule has 0 saturated carbocycles. The van der Waals surface area contributed by atoms with E-state index in [2.05, 4.69) is 0 Å². The lowest BCUT2D eigenvalue weighted by atomic mass is 10.3. The number of aromatic carboxylic acids is 1. The molecule has 0 radical (unpaired) electrons. The molecule has 5 nitrogen and oxygen atoms in total. The zero-order chi connectivity index (χ0) is 8.43. The number of carboxylic acids is 1. The Kier molecular flexibility index (Phi) is 1.63. The van der Waals surface area contributed by atoms with Gasteiger partial charge >= 0.3 is 11.8 Å². The summed E-state index contributed by atoms with van der Waals surface area (Å²) in [6.45, 7) is 0. The number of nitrogens with zero attached hydrogens (tertiary/aromatic N) is 1. The summed E-state index contributed by atoms with van der Waals surface area (Å²) < 4.78 is 0.173. The maximum Gasteiger partial charge on any atom is 0.377 e. The van der Waals surface area contributed by atoms with Crippen LogP contribution < -0.4 is 4.73 Å². The van der Waals surface area contributed by atoms with Gasteiger partial charge in [0.2, 0.25) is 0 Å². The first kappa shape index (κ1) is 7.33. The van der Waals surface area contributed by atoms with Crippen LogP contribution in [-0.2, 0) is 0 Å². The summed E-state index contributed by atoms with van der Waals surface area (Å²) in [6, 6.07) is 1.99. The highest BCUT2D eigenvalue weighted by molar-refractivity contribution is 5.87. The van der Waals surface area contributed by atoms with Gasteiger partial charge in [-0.2, -0.15) is 0 Å². The summed E-state index contributed by atoms with van der Waals surface area (Å²) >= 11 is 0. The smallest absolute Gasteiger partial charge is 0.377 e. The molecule has 11 heavy (non-hydrogen) atoms. The van der Waals surface area contributed by atoms with E-state index < -0.39 is 11.8 Å². The Morgan fingerprint density at radius 2 is 2.27 bits per heavy atom. The molecule has 0 aliphatic carbocycles. The highest BCUT2D eigenvalue weighted by Gasteiger charge is 2.08. The van der Waals surface area contributed by atoms with Crippen molar-refractivity contribution in [1.82, 2.24) is 0 Å². The van der Waals surface area contributed by atoms with Gasteiger partial charge in [-0.15, -0.1) is 4.73 Å². The fourth-order valence-corrected chi connectivity index (χ4v) is 0.608. The molecule has 0 atom stereocenters. The summed E-state index contributed by atoms with van der Waals surface area (Å²) in [5.41, 5.74) is -0.116. The van der Waals surface area contributed by atoms with Gasteiger partial charge in [0.15, 0.2) is 6.20 Å². The van der Waals surface area contributed by atoms with E-state index in [4.69, 9.17) is 10.2 Å². The van der Waals surface area contributed by atoms with E-state index in [0.29, 0.717) is 0 Å². The van der Waals surface area contributed by atoms with Crippen LogP contribution in [0.3, 0.4) is 0 Å². The molecule has 58 valence electrons. The Morgan fingerprint density at radius 3 is 2.73 bits per heavy atom. The molecule has 5 heteroatoms. The van der Waals surface area contributed by atoms with Gasteiger partial charge in [0, 0.05) is 6.07 Å². The van der Waals surface area contributed by atoms with Crippen LogP contribution in [0, 0.1) is 5.21 Å². The largest absolute Gasteiger partial charge is 0.616 e. The van der Waals surface area contributed by atoms with Crippen LogP contribution in [0.5, 0.6) is 5.88 Å². The van der Waals surface area contributed by atoms with Crippen LogP contribution in [-0.4, -0.2) is 16.2 Å². The molecule has 1 heterocycles. The van der Waals surface area contributed by atoms with Crippen molar-refractivity contribution in [3.05, 3.63) is 29.1 Å². The third-order valence-electron chi connectivity index (χ3n) is 1.15. The first-order chi connectivity index (χ1) is 5.11. The van der Waals surface area contributed by atoms with E-state index in [1.807, 2.05) is 0 Å². The lowest BCUT2D eigenvalue weighted by molar-refractivity contribution is -0.613. The number of hydrogen-bond donors (Lipinski definition) is 2. The van der Waals surface area contributed by atoms with Crippen molar-refractivity contribution < 1.29 is 19.7 Å². The Bertz CT molecular complexity index is 297. The molecule has 0 spiro atoms. The van der Waals surface area contributed by atoms with Crippen LogP contribution in [0.1, 0.15) is 10.4 Å². The Labute approximate surface area is 61.7 Å². The monoisotopic (exact) mass is 155 g/mol. The number of carboxylic acid groups (broad SMARTS) is 1. The molecule has 0 fully saturated rings. The first-order valence-corrected chi connectivity index (χ1v) is 2.77. The topological polar surface area (TPSA) is 84.5 Å². The van der Waals surface area contributed by atoms with Crippen LogP contribution in [0.4, 0.5) is 0 Å². The van der Waals surface area contributed by atoms with Gasteiger partial charge in [-0.3, -0.25) is 0 Å². The van der Waals surface area contributed by atoms with E-state index in [1.54, 1.807) is 0 Å². The standard InChI is InChI=1S/C6H5NO4/c8-5-3-4(6(9)10)1-2-7(5)11/h1-3,8H,(H,9,10). The van der Waals surface area contributed by atoms with Gasteiger partial charge in [-0.05, 0) is 0 Å². The van der Waals surface area contributed by atoms with Crippen LogP contribution in [0.25, 0.3) is 0 Å². The number of hydrogen-bond acceptors (Lipinski definition) is 3. The van der Waals surface area contributed by atoms with Crippen LogP contribution in [0.15, 0.2) is 18.3 Å². The second kappa shape index (κ2) is 2.45. The lowest BCUT2D eigenvalue weighted by Gasteiger charge is -1.97. The molecule has 2 N–H and O–H groups in total. The quantitative estimate of drug-likeness (QED) is 0.431. The van der Waals surface area contributed by atoms with Crippen molar-refractivity contribution in [2.45, 2.75) is 0 Å². The van der Waals surface area contributed by atoms with Crippen molar-refractivity contribution in [1.29, 1.82) is 0 Å². The Balaban J connectivity index is 3.15. The normalized spacial score (nSPS) is 9.45. The summed E-state index contributed by atoms with van der Waals surface area (Å²) in [7, 11) is 0. The molecular weight excluding hydrogens is 150 g/mol. The SMILES string of the molecule is O=C(O)c1cc[n+]([O-])c(O)c1. The zero-order valence-electron chi connectivity index (χ0n) is 5.39. The minimum atomic E-state index is -1.18. The minimum absolute atomic E-state index is 0.116. The van der Waals surface area contributed by atoms with Crippen molar-refractivity contribution in [2.75, 3.05) is 0 Å². The fraction of sp³-hybridized carbons (Fsp3) is 0. The maximum absolute atomic E-state index is 10.5. The molecule has 1 aromatic heterocycles. The summed E-state index contributed by atoms with van der Waals surface area (Å²) in [4.78, 5) is 10.2. The van der Waals surface area contributed by atoms with Crippen molar-refractivity contribution in [3.63, 3.8) is 0 Å². The zero-order valence-corrected chi connectivity index (χ0v) is 5.39. The van der Waals surface area contributed by atoms with Gasteiger partial charge in [0.05, 0.1) is 11.6 Å². The number of carbonyl (C=O) groups is 1. The first-order valence-electron chi connectivity index (χ1n) is 2.77. The van der Waals surface area contributed by atoms with Crippen LogP contribution in [0.2, 0.25) is 0 Å². The third-order valence-corrected chi connectivity index (χ3v) is 1.15. The Hall–Kier alpha value is -1.78. The number of rotatable bonds is 1. The molecule has 0 aromatic carbocycles. The van der Waals surface area contributed by atoms with E-state index in [0.717, 1.165) is 18.3 Å². The van der Waals surface area contributed by atoms with Gasteiger partial charge in [-0.1, -0.05) is 0 Å². The predicted octanol–water partition coefficient (Wildman–Crippen LogP) is -0.276. The number of aromatic hydroxyl groups is 1. The summed E-state index contributed by atoms with van der Waals surface area (Å²) in [5, 5.41) is 27.6. The second-order valence-electron chi connectivity index (χ2n) is 1.90. The number of pyridine rings is 1. The van der Waals surface area contributed by atoms with Crippen molar-refractivity contribution in [2.24, 2.45) is 0 Å². The van der Waals surface area contributed by atoms with Crippen LogP contribution >= 0.6 is 0 Å². The van der Waals surface area contributed by atoms with E-state index >= 15 is 0 Å². The molecule has 0 aliphatic rings. The fourth-order valence-electron chi connectivity index (χ4n) is 0.608. The highest BCUT2D eigenvalue weighted by atomic mass is 16.5. The van der Waals surface area contributed by atoms with Gasteiger partial charge in [-0.25, -0.2) is 4.79 Å².